The van der Waals surface area contributed by atoms with Gasteiger partial charge in [0.25, 0.3) is 0 Å². The Morgan fingerprint density at radius 1 is 1.29 bits per heavy atom. The van der Waals surface area contributed by atoms with Gasteiger partial charge in [-0.25, -0.2) is 4.79 Å². The van der Waals surface area contributed by atoms with Crippen LogP contribution in [0.2, 0.25) is 0 Å². The molecule has 24 heavy (non-hydrogen) atoms. The molecule has 2 heterocycles. The van der Waals surface area contributed by atoms with Crippen LogP contribution in [0.3, 0.4) is 0 Å². The summed E-state index contributed by atoms with van der Waals surface area (Å²) in [4.78, 5) is 24.7. The standard InChI is InChI=1S/C17H20N4O3/c1-10(13-9-18-20(4)11(13)2)19-16(22)12(3)21-14-7-5-6-8-15(14)24-17(21)23/h5-10,12H,1-4H3,(H,19,22)/t10-,12+/m1/s1. The van der Waals surface area contributed by atoms with E-state index in [9.17, 15) is 9.59 Å². The Morgan fingerprint density at radius 2 is 2.00 bits per heavy atom. The van der Waals surface area contributed by atoms with Crippen molar-refractivity contribution < 1.29 is 9.21 Å². The van der Waals surface area contributed by atoms with Gasteiger partial charge in [0, 0.05) is 18.3 Å². The van der Waals surface area contributed by atoms with Crippen molar-refractivity contribution in [2.24, 2.45) is 7.05 Å². The third-order valence-electron chi connectivity index (χ3n) is 4.38. The minimum absolute atomic E-state index is 0.206. The van der Waals surface area contributed by atoms with Crippen LogP contribution >= 0.6 is 0 Å². The van der Waals surface area contributed by atoms with Crippen LogP contribution in [0.15, 0.2) is 39.7 Å². The van der Waals surface area contributed by atoms with Gasteiger partial charge in [-0.3, -0.25) is 14.0 Å². The lowest BCUT2D eigenvalue weighted by Gasteiger charge is -2.18. The number of hydrogen-bond acceptors (Lipinski definition) is 4. The van der Waals surface area contributed by atoms with Gasteiger partial charge in [-0.1, -0.05) is 12.1 Å². The number of benzene rings is 1. The first-order valence-electron chi connectivity index (χ1n) is 7.79. The van der Waals surface area contributed by atoms with Gasteiger partial charge in [0.2, 0.25) is 5.91 Å². The number of amides is 1. The molecule has 3 aromatic rings. The molecule has 1 amide bonds. The average Bonchev–Trinajstić information content (AvgIpc) is 3.06. The smallest absolute Gasteiger partial charge is 0.408 e. The van der Waals surface area contributed by atoms with Crippen LogP contribution in [0.5, 0.6) is 0 Å². The maximum atomic E-state index is 12.6. The summed E-state index contributed by atoms with van der Waals surface area (Å²) in [7, 11) is 1.85. The van der Waals surface area contributed by atoms with Crippen LogP contribution in [0.25, 0.3) is 11.1 Å². The van der Waals surface area contributed by atoms with Crippen molar-refractivity contribution in [2.75, 3.05) is 0 Å². The van der Waals surface area contributed by atoms with E-state index in [4.69, 9.17) is 4.42 Å². The number of carbonyl (C=O) groups is 1. The van der Waals surface area contributed by atoms with Crippen LogP contribution in [-0.4, -0.2) is 20.3 Å². The number of aryl methyl sites for hydroxylation is 1. The summed E-state index contributed by atoms with van der Waals surface area (Å²) in [5, 5.41) is 7.13. The molecule has 7 heteroatoms. The number of nitrogens with one attached hydrogen (secondary N) is 1. The topological polar surface area (TPSA) is 82.1 Å². The Morgan fingerprint density at radius 3 is 2.67 bits per heavy atom. The fraction of sp³-hybridized carbons (Fsp3) is 0.353. The summed E-state index contributed by atoms with van der Waals surface area (Å²) in [5.74, 6) is -0.788. The number of carbonyl (C=O) groups excluding carboxylic acids is 1. The fourth-order valence-corrected chi connectivity index (χ4v) is 2.82. The monoisotopic (exact) mass is 328 g/mol. The van der Waals surface area contributed by atoms with Crippen LogP contribution < -0.4 is 11.1 Å². The molecule has 3 rings (SSSR count). The van der Waals surface area contributed by atoms with Gasteiger partial charge in [0.1, 0.15) is 6.04 Å². The van der Waals surface area contributed by atoms with Gasteiger partial charge in [0.05, 0.1) is 17.8 Å². The van der Waals surface area contributed by atoms with E-state index < -0.39 is 11.8 Å². The third-order valence-corrected chi connectivity index (χ3v) is 4.38. The summed E-state index contributed by atoms with van der Waals surface area (Å²) in [6.07, 6.45) is 1.74. The molecule has 0 radical (unpaired) electrons. The van der Waals surface area contributed by atoms with Crippen LogP contribution in [0.4, 0.5) is 0 Å². The van der Waals surface area contributed by atoms with Crippen LogP contribution in [0, 0.1) is 6.92 Å². The van der Waals surface area contributed by atoms with Crippen molar-refractivity contribution in [1.82, 2.24) is 19.7 Å². The largest absolute Gasteiger partial charge is 0.420 e. The molecule has 0 spiro atoms. The van der Waals surface area contributed by atoms with Crippen molar-refractivity contribution in [3.05, 3.63) is 52.3 Å². The lowest BCUT2D eigenvalue weighted by atomic mass is 10.1. The Balaban J connectivity index is 1.85. The highest BCUT2D eigenvalue weighted by Gasteiger charge is 2.23. The van der Waals surface area contributed by atoms with Gasteiger partial charge in [-0.15, -0.1) is 0 Å². The highest BCUT2D eigenvalue weighted by Crippen LogP contribution is 2.19. The van der Waals surface area contributed by atoms with Crippen molar-refractivity contribution >= 4 is 17.0 Å². The number of fused-ring (bicyclic) bond motifs is 1. The van der Waals surface area contributed by atoms with E-state index in [0.29, 0.717) is 11.1 Å². The number of aromatic nitrogens is 3. The van der Waals surface area contributed by atoms with E-state index in [1.54, 1.807) is 42.1 Å². The lowest BCUT2D eigenvalue weighted by Crippen LogP contribution is -2.36. The molecule has 0 unspecified atom stereocenters. The highest BCUT2D eigenvalue weighted by atomic mass is 16.4. The summed E-state index contributed by atoms with van der Waals surface area (Å²) < 4.78 is 8.32. The number of nitrogens with zero attached hydrogens (tertiary/aromatic N) is 3. The maximum Gasteiger partial charge on any atom is 0.420 e. The number of oxazole rings is 1. The zero-order valence-corrected chi connectivity index (χ0v) is 14.1. The van der Waals surface area contributed by atoms with Gasteiger partial charge in [-0.05, 0) is 32.9 Å². The van der Waals surface area contributed by atoms with Gasteiger partial charge in [0.15, 0.2) is 5.58 Å². The van der Waals surface area contributed by atoms with Crippen LogP contribution in [0.1, 0.15) is 37.2 Å². The molecule has 7 nitrogen and oxygen atoms in total. The minimum Gasteiger partial charge on any atom is -0.408 e. The first kappa shape index (κ1) is 16.0. The second-order valence-electron chi connectivity index (χ2n) is 5.92. The summed E-state index contributed by atoms with van der Waals surface area (Å²) >= 11 is 0. The van der Waals surface area contributed by atoms with Crippen molar-refractivity contribution in [2.45, 2.75) is 32.9 Å². The average molecular weight is 328 g/mol. The predicted octanol–water partition coefficient (Wildman–Crippen LogP) is 2.07. The van der Waals surface area contributed by atoms with Crippen molar-refractivity contribution in [3.8, 4) is 0 Å². The molecular weight excluding hydrogens is 308 g/mol. The van der Waals surface area contributed by atoms with E-state index in [0.717, 1.165) is 11.3 Å². The molecule has 1 aromatic carbocycles. The minimum atomic E-state index is -0.680. The van der Waals surface area contributed by atoms with Crippen molar-refractivity contribution in [1.29, 1.82) is 0 Å². The molecule has 126 valence electrons. The van der Waals surface area contributed by atoms with E-state index in [-0.39, 0.29) is 11.9 Å². The quantitative estimate of drug-likeness (QED) is 0.795. The molecule has 0 fully saturated rings. The first-order chi connectivity index (χ1) is 11.4. The molecule has 0 aliphatic heterocycles. The SMILES string of the molecule is Cc1c([C@@H](C)NC(=O)[C@H](C)n2c(=O)oc3ccccc32)cnn1C. The second kappa shape index (κ2) is 5.99. The first-order valence-corrected chi connectivity index (χ1v) is 7.79. The van der Waals surface area contributed by atoms with Crippen molar-refractivity contribution in [3.63, 3.8) is 0 Å². The summed E-state index contributed by atoms with van der Waals surface area (Å²) in [6, 6.07) is 6.18. The fourth-order valence-electron chi connectivity index (χ4n) is 2.82. The Bertz CT molecular complexity index is 950. The highest BCUT2D eigenvalue weighted by molar-refractivity contribution is 5.83. The van der Waals surface area contributed by atoms with E-state index in [1.807, 2.05) is 20.9 Å². The van der Waals surface area contributed by atoms with E-state index in [2.05, 4.69) is 10.4 Å². The molecule has 2 aromatic heterocycles. The second-order valence-corrected chi connectivity index (χ2v) is 5.92. The molecule has 0 aliphatic rings. The Labute approximate surface area is 138 Å². The third kappa shape index (κ3) is 2.62. The molecular formula is C17H20N4O3. The molecule has 2 atom stereocenters. The normalized spacial score (nSPS) is 13.8. The Kier molecular flexibility index (Phi) is 4.01. The zero-order valence-electron chi connectivity index (χ0n) is 14.1. The number of rotatable bonds is 4. The summed E-state index contributed by atoms with van der Waals surface area (Å²) in [5.41, 5.74) is 3.01. The number of para-hydroxylation sites is 2. The van der Waals surface area contributed by atoms with Gasteiger partial charge in [-0.2, -0.15) is 5.10 Å². The predicted molar refractivity (Wildman–Crippen MR) is 89.7 cm³/mol. The number of hydrogen-bond donors (Lipinski definition) is 1. The van der Waals surface area contributed by atoms with E-state index >= 15 is 0 Å². The maximum absolute atomic E-state index is 12.6. The Hall–Kier alpha value is -2.83. The van der Waals surface area contributed by atoms with Gasteiger partial charge < -0.3 is 9.73 Å². The van der Waals surface area contributed by atoms with E-state index in [1.165, 1.54) is 4.57 Å². The molecule has 0 saturated carbocycles. The lowest BCUT2D eigenvalue weighted by molar-refractivity contribution is -0.124. The van der Waals surface area contributed by atoms with Crippen LogP contribution in [-0.2, 0) is 11.8 Å². The molecule has 0 saturated heterocycles. The summed E-state index contributed by atoms with van der Waals surface area (Å²) in [6.45, 7) is 5.52. The molecule has 1 N–H and O–H groups in total. The molecule has 0 aliphatic carbocycles. The zero-order chi connectivity index (χ0) is 17.4. The van der Waals surface area contributed by atoms with Gasteiger partial charge >= 0.3 is 5.76 Å². The molecule has 0 bridgehead atoms.